The van der Waals surface area contributed by atoms with E-state index in [1.54, 1.807) is 24.3 Å². The third kappa shape index (κ3) is 3.53. The number of nitrogens with one attached hydrogen (secondary N) is 1. The highest BCUT2D eigenvalue weighted by Gasteiger charge is 2.06. The number of anilines is 2. The van der Waals surface area contributed by atoms with E-state index in [1.807, 2.05) is 13.0 Å². The molecule has 0 saturated carbocycles. The number of nitriles is 1. The lowest BCUT2D eigenvalue weighted by Crippen LogP contribution is -2.03. The van der Waals surface area contributed by atoms with Crippen LogP contribution in [0.4, 0.5) is 11.6 Å². The molecule has 19 heavy (non-hydrogen) atoms. The van der Waals surface area contributed by atoms with Crippen molar-refractivity contribution in [2.45, 2.75) is 6.92 Å². The SMILES string of the molecule is CCOc1nc(Cl)nc(Nc2ccc(C#N)cc2)n1. The second kappa shape index (κ2) is 5.98. The van der Waals surface area contributed by atoms with Crippen molar-refractivity contribution in [3.8, 4) is 12.1 Å². The maximum atomic E-state index is 8.71. The number of aromatic nitrogens is 3. The highest BCUT2D eigenvalue weighted by Crippen LogP contribution is 2.17. The minimum absolute atomic E-state index is 0.0506. The minimum Gasteiger partial charge on any atom is -0.464 e. The summed E-state index contributed by atoms with van der Waals surface area (Å²) in [4.78, 5) is 11.8. The van der Waals surface area contributed by atoms with Crippen LogP contribution in [0.2, 0.25) is 5.28 Å². The maximum absolute atomic E-state index is 8.71. The van der Waals surface area contributed by atoms with Gasteiger partial charge in [0, 0.05) is 5.69 Å². The molecule has 1 heterocycles. The van der Waals surface area contributed by atoms with Gasteiger partial charge in [-0.25, -0.2) is 0 Å². The van der Waals surface area contributed by atoms with Gasteiger partial charge in [0.2, 0.25) is 11.2 Å². The van der Waals surface area contributed by atoms with Crippen LogP contribution in [0.15, 0.2) is 24.3 Å². The van der Waals surface area contributed by atoms with Gasteiger partial charge in [0.05, 0.1) is 18.2 Å². The first-order valence-corrected chi connectivity index (χ1v) is 5.90. The lowest BCUT2D eigenvalue weighted by molar-refractivity contribution is 0.312. The predicted molar refractivity (Wildman–Crippen MR) is 70.4 cm³/mol. The normalized spacial score (nSPS) is 9.74. The van der Waals surface area contributed by atoms with Gasteiger partial charge in [0.1, 0.15) is 0 Å². The Morgan fingerprint density at radius 1 is 1.26 bits per heavy atom. The third-order valence-corrected chi connectivity index (χ3v) is 2.30. The number of nitrogens with zero attached hydrogens (tertiary/aromatic N) is 4. The summed E-state index contributed by atoms with van der Waals surface area (Å²) >= 11 is 5.77. The molecule has 0 aliphatic carbocycles. The second-order valence-corrected chi connectivity index (χ2v) is 3.80. The Balaban J connectivity index is 2.20. The van der Waals surface area contributed by atoms with Crippen LogP contribution < -0.4 is 10.1 Å². The first-order valence-electron chi connectivity index (χ1n) is 5.53. The molecule has 0 unspecified atom stereocenters. The van der Waals surface area contributed by atoms with Crippen LogP contribution in [-0.2, 0) is 0 Å². The molecule has 0 fully saturated rings. The van der Waals surface area contributed by atoms with Crippen LogP contribution in [0.3, 0.4) is 0 Å². The zero-order valence-electron chi connectivity index (χ0n) is 10.1. The van der Waals surface area contributed by atoms with Crippen molar-refractivity contribution in [2.75, 3.05) is 11.9 Å². The van der Waals surface area contributed by atoms with E-state index < -0.39 is 0 Å². The van der Waals surface area contributed by atoms with Crippen LogP contribution in [0.25, 0.3) is 0 Å². The molecular formula is C12H10ClN5O. The van der Waals surface area contributed by atoms with Gasteiger partial charge in [-0.05, 0) is 42.8 Å². The predicted octanol–water partition coefficient (Wildman–Crippen LogP) is 2.54. The summed E-state index contributed by atoms with van der Waals surface area (Å²) in [6, 6.07) is 9.08. The summed E-state index contributed by atoms with van der Waals surface area (Å²) in [7, 11) is 0. The van der Waals surface area contributed by atoms with Crippen LogP contribution in [0, 0.1) is 11.3 Å². The lowest BCUT2D eigenvalue weighted by atomic mass is 10.2. The van der Waals surface area contributed by atoms with Gasteiger partial charge in [-0.15, -0.1) is 0 Å². The van der Waals surface area contributed by atoms with Crippen molar-refractivity contribution in [3.63, 3.8) is 0 Å². The first-order chi connectivity index (χ1) is 9.21. The van der Waals surface area contributed by atoms with E-state index in [-0.39, 0.29) is 17.2 Å². The summed E-state index contributed by atoms with van der Waals surface area (Å²) in [6.45, 7) is 2.27. The number of benzene rings is 1. The molecule has 0 aliphatic heterocycles. The smallest absolute Gasteiger partial charge is 0.322 e. The monoisotopic (exact) mass is 275 g/mol. The van der Waals surface area contributed by atoms with Crippen LogP contribution >= 0.6 is 11.6 Å². The molecule has 0 amide bonds. The molecular weight excluding hydrogens is 266 g/mol. The first kappa shape index (κ1) is 13.1. The topological polar surface area (TPSA) is 83.7 Å². The molecule has 2 aromatic rings. The molecule has 0 spiro atoms. The Kier molecular flexibility index (Phi) is 4.11. The zero-order chi connectivity index (χ0) is 13.7. The molecule has 1 aromatic heterocycles. The molecule has 0 saturated heterocycles. The Bertz CT molecular complexity index is 609. The van der Waals surface area contributed by atoms with Crippen LogP contribution in [0.5, 0.6) is 6.01 Å². The summed E-state index contributed by atoms with van der Waals surface area (Å²) < 4.78 is 5.17. The van der Waals surface area contributed by atoms with E-state index in [1.165, 1.54) is 0 Å². The number of hydrogen-bond donors (Lipinski definition) is 1. The highest BCUT2D eigenvalue weighted by molar-refractivity contribution is 6.28. The molecule has 7 heteroatoms. The Morgan fingerprint density at radius 3 is 2.63 bits per heavy atom. The number of halogens is 1. The van der Waals surface area contributed by atoms with Gasteiger partial charge in [-0.1, -0.05) is 0 Å². The van der Waals surface area contributed by atoms with Crippen LogP contribution in [-0.4, -0.2) is 21.6 Å². The Morgan fingerprint density at radius 2 is 2.00 bits per heavy atom. The van der Waals surface area contributed by atoms with Gasteiger partial charge in [-0.3, -0.25) is 0 Å². The van der Waals surface area contributed by atoms with Gasteiger partial charge < -0.3 is 10.1 Å². The third-order valence-electron chi connectivity index (χ3n) is 2.13. The molecule has 2 rings (SSSR count). The van der Waals surface area contributed by atoms with Crippen molar-refractivity contribution in [2.24, 2.45) is 0 Å². The fourth-order valence-electron chi connectivity index (χ4n) is 1.34. The van der Waals surface area contributed by atoms with E-state index in [4.69, 9.17) is 21.6 Å². The molecule has 0 bridgehead atoms. The fourth-order valence-corrected chi connectivity index (χ4v) is 1.49. The van der Waals surface area contributed by atoms with E-state index >= 15 is 0 Å². The molecule has 1 aromatic carbocycles. The lowest BCUT2D eigenvalue weighted by Gasteiger charge is -2.06. The fraction of sp³-hybridized carbons (Fsp3) is 0.167. The second-order valence-electron chi connectivity index (χ2n) is 3.46. The molecule has 0 atom stereocenters. The van der Waals surface area contributed by atoms with E-state index in [9.17, 15) is 0 Å². The summed E-state index contributed by atoms with van der Waals surface area (Å²) in [5, 5.41) is 11.7. The molecule has 0 aliphatic rings. The molecule has 1 N–H and O–H groups in total. The van der Waals surface area contributed by atoms with Gasteiger partial charge in [-0.2, -0.15) is 20.2 Å². The average Bonchev–Trinajstić information content (AvgIpc) is 2.39. The minimum atomic E-state index is 0.0506. The van der Waals surface area contributed by atoms with Crippen molar-refractivity contribution in [3.05, 3.63) is 35.1 Å². The largest absolute Gasteiger partial charge is 0.464 e. The van der Waals surface area contributed by atoms with Gasteiger partial charge in [0.15, 0.2) is 0 Å². The van der Waals surface area contributed by atoms with Crippen LogP contribution in [0.1, 0.15) is 12.5 Å². The van der Waals surface area contributed by atoms with Crippen molar-refractivity contribution >= 4 is 23.2 Å². The number of hydrogen-bond acceptors (Lipinski definition) is 6. The number of rotatable bonds is 4. The maximum Gasteiger partial charge on any atom is 0.322 e. The van der Waals surface area contributed by atoms with E-state index in [0.29, 0.717) is 12.2 Å². The van der Waals surface area contributed by atoms with E-state index in [2.05, 4.69) is 20.3 Å². The molecule has 6 nitrogen and oxygen atoms in total. The standard InChI is InChI=1S/C12H10ClN5O/c1-2-19-12-17-10(13)16-11(18-12)15-9-5-3-8(7-14)4-6-9/h3-6H,2H2,1H3,(H,15,16,17,18). The number of ether oxygens (including phenoxy) is 1. The molecule has 0 radical (unpaired) electrons. The highest BCUT2D eigenvalue weighted by atomic mass is 35.5. The van der Waals surface area contributed by atoms with E-state index in [0.717, 1.165) is 5.69 Å². The summed E-state index contributed by atoms with van der Waals surface area (Å²) in [6.07, 6.45) is 0. The Hall–Kier alpha value is -2.39. The van der Waals surface area contributed by atoms with Gasteiger partial charge >= 0.3 is 6.01 Å². The Labute approximate surface area is 115 Å². The van der Waals surface area contributed by atoms with Crippen molar-refractivity contribution in [1.29, 1.82) is 5.26 Å². The average molecular weight is 276 g/mol. The zero-order valence-corrected chi connectivity index (χ0v) is 10.8. The van der Waals surface area contributed by atoms with Crippen molar-refractivity contribution in [1.82, 2.24) is 15.0 Å². The summed E-state index contributed by atoms with van der Waals surface area (Å²) in [5.74, 6) is 0.285. The summed E-state index contributed by atoms with van der Waals surface area (Å²) in [5.41, 5.74) is 1.32. The quantitative estimate of drug-likeness (QED) is 0.923. The van der Waals surface area contributed by atoms with Crippen molar-refractivity contribution < 1.29 is 4.74 Å². The van der Waals surface area contributed by atoms with Gasteiger partial charge in [0.25, 0.3) is 0 Å². The molecule has 96 valence electrons.